The van der Waals surface area contributed by atoms with E-state index in [1.807, 2.05) is 0 Å². The molecular weight excluding hydrogens is 150 g/mol. The molecule has 0 aromatic rings. The minimum atomic E-state index is 0.324. The normalized spacial score (nSPS) is 29.8. The minimum Gasteiger partial charge on any atom is -0.336 e. The van der Waals surface area contributed by atoms with Gasteiger partial charge in [-0.1, -0.05) is 11.6 Å². The Bertz CT molecular complexity index is 232. The first-order chi connectivity index (χ1) is 5.79. The fraction of sp³-hybridized carbons (Fsp3) is 0.700. The molecule has 2 aliphatic rings. The molecule has 2 nitrogen and oxygen atoms in total. The maximum absolute atomic E-state index is 11.5. The van der Waals surface area contributed by atoms with Crippen LogP contribution in [0.2, 0.25) is 0 Å². The summed E-state index contributed by atoms with van der Waals surface area (Å²) in [6.07, 6.45) is 6.36. The zero-order chi connectivity index (χ0) is 8.55. The lowest BCUT2D eigenvalue weighted by molar-refractivity contribution is -0.133. The van der Waals surface area contributed by atoms with Crippen molar-refractivity contribution < 1.29 is 4.79 Å². The van der Waals surface area contributed by atoms with Crippen molar-refractivity contribution in [3.05, 3.63) is 11.6 Å². The van der Waals surface area contributed by atoms with Crippen LogP contribution in [0.3, 0.4) is 0 Å². The number of carbonyl (C=O) groups is 1. The van der Waals surface area contributed by atoms with Crippen LogP contribution in [-0.2, 0) is 4.79 Å². The molecule has 2 heteroatoms. The molecule has 0 aromatic heterocycles. The van der Waals surface area contributed by atoms with Crippen LogP contribution >= 0.6 is 0 Å². The summed E-state index contributed by atoms with van der Waals surface area (Å²) in [7, 11) is 0. The van der Waals surface area contributed by atoms with Crippen LogP contribution in [0.4, 0.5) is 0 Å². The zero-order valence-electron chi connectivity index (χ0n) is 7.55. The smallest absolute Gasteiger partial charge is 0.226 e. The molecule has 1 unspecified atom stereocenters. The number of amides is 1. The Kier molecular flexibility index (Phi) is 1.91. The molecule has 12 heavy (non-hydrogen) atoms. The summed E-state index contributed by atoms with van der Waals surface area (Å²) >= 11 is 0. The highest BCUT2D eigenvalue weighted by Crippen LogP contribution is 2.27. The second-order valence-electron chi connectivity index (χ2n) is 3.75. The van der Waals surface area contributed by atoms with E-state index in [9.17, 15) is 4.79 Å². The van der Waals surface area contributed by atoms with E-state index in [0.29, 0.717) is 18.4 Å². The maximum Gasteiger partial charge on any atom is 0.226 e. The van der Waals surface area contributed by atoms with E-state index in [1.54, 1.807) is 0 Å². The molecule has 1 atom stereocenters. The van der Waals surface area contributed by atoms with Crippen molar-refractivity contribution in [3.63, 3.8) is 0 Å². The molecule has 66 valence electrons. The van der Waals surface area contributed by atoms with Gasteiger partial charge in [0.05, 0.1) is 6.04 Å². The molecule has 1 fully saturated rings. The molecule has 0 radical (unpaired) electrons. The average Bonchev–Trinajstić information content (AvgIpc) is 2.12. The largest absolute Gasteiger partial charge is 0.336 e. The minimum absolute atomic E-state index is 0.324. The van der Waals surface area contributed by atoms with Crippen molar-refractivity contribution in [1.82, 2.24) is 4.90 Å². The Balaban J connectivity index is 2.22. The summed E-state index contributed by atoms with van der Waals surface area (Å²) in [6.45, 7) is 3.13. The Morgan fingerprint density at radius 3 is 3.08 bits per heavy atom. The maximum atomic E-state index is 11.5. The summed E-state index contributed by atoms with van der Waals surface area (Å²) in [5, 5.41) is 0. The highest BCUT2D eigenvalue weighted by atomic mass is 16.2. The van der Waals surface area contributed by atoms with Crippen molar-refractivity contribution >= 4 is 5.91 Å². The summed E-state index contributed by atoms with van der Waals surface area (Å²) < 4.78 is 0. The third-order valence-corrected chi connectivity index (χ3v) is 2.95. The lowest BCUT2D eigenvalue weighted by Crippen LogP contribution is -2.46. The topological polar surface area (TPSA) is 20.3 Å². The molecule has 0 aromatic carbocycles. The van der Waals surface area contributed by atoms with Crippen LogP contribution in [-0.4, -0.2) is 23.4 Å². The molecule has 0 aliphatic carbocycles. The molecule has 1 saturated heterocycles. The van der Waals surface area contributed by atoms with Crippen LogP contribution in [0.25, 0.3) is 0 Å². The van der Waals surface area contributed by atoms with E-state index in [2.05, 4.69) is 17.9 Å². The van der Waals surface area contributed by atoms with Gasteiger partial charge in [0.2, 0.25) is 5.91 Å². The first-order valence-corrected chi connectivity index (χ1v) is 4.75. The van der Waals surface area contributed by atoms with Crippen molar-refractivity contribution in [2.45, 2.75) is 38.6 Å². The second kappa shape index (κ2) is 2.92. The lowest BCUT2D eigenvalue weighted by Gasteiger charge is -2.39. The number of rotatable bonds is 0. The quantitative estimate of drug-likeness (QED) is 0.500. The van der Waals surface area contributed by atoms with Gasteiger partial charge in [0.25, 0.3) is 0 Å². The van der Waals surface area contributed by atoms with Crippen molar-refractivity contribution in [2.75, 3.05) is 6.54 Å². The number of nitrogens with zero attached hydrogens (tertiary/aromatic N) is 1. The van der Waals surface area contributed by atoms with E-state index < -0.39 is 0 Å². The number of hydrogen-bond acceptors (Lipinski definition) is 1. The first-order valence-electron chi connectivity index (χ1n) is 4.75. The molecule has 2 rings (SSSR count). The standard InChI is InChI=1S/C10H15NO/c1-8-5-6-10(12)11-7-3-2-4-9(8)11/h5,9H,2-4,6-7H2,1H3. The molecule has 1 amide bonds. The molecule has 0 saturated carbocycles. The highest BCUT2D eigenvalue weighted by molar-refractivity contribution is 5.80. The molecule has 2 aliphatic heterocycles. The number of carbonyl (C=O) groups excluding carboxylic acids is 1. The van der Waals surface area contributed by atoms with E-state index in [4.69, 9.17) is 0 Å². The Labute approximate surface area is 73.2 Å². The van der Waals surface area contributed by atoms with Gasteiger partial charge in [0, 0.05) is 13.0 Å². The van der Waals surface area contributed by atoms with Gasteiger partial charge in [-0.3, -0.25) is 4.79 Å². The molecule has 0 N–H and O–H groups in total. The zero-order valence-corrected chi connectivity index (χ0v) is 7.55. The van der Waals surface area contributed by atoms with E-state index in [0.717, 1.165) is 6.54 Å². The summed E-state index contributed by atoms with van der Waals surface area (Å²) in [5.74, 6) is 0.324. The van der Waals surface area contributed by atoms with Gasteiger partial charge < -0.3 is 4.90 Å². The Morgan fingerprint density at radius 2 is 2.33 bits per heavy atom. The van der Waals surface area contributed by atoms with Crippen LogP contribution in [0, 0.1) is 0 Å². The summed E-state index contributed by atoms with van der Waals surface area (Å²) in [5.41, 5.74) is 1.40. The summed E-state index contributed by atoms with van der Waals surface area (Å²) in [4.78, 5) is 13.5. The average molecular weight is 165 g/mol. The van der Waals surface area contributed by atoms with Gasteiger partial charge >= 0.3 is 0 Å². The van der Waals surface area contributed by atoms with E-state index in [-0.39, 0.29) is 0 Å². The van der Waals surface area contributed by atoms with E-state index >= 15 is 0 Å². The molecular formula is C10H15NO. The van der Waals surface area contributed by atoms with Crippen molar-refractivity contribution in [1.29, 1.82) is 0 Å². The third kappa shape index (κ3) is 1.15. The number of piperidine rings is 1. The van der Waals surface area contributed by atoms with Crippen molar-refractivity contribution in [3.8, 4) is 0 Å². The predicted octanol–water partition coefficient (Wildman–Crippen LogP) is 1.72. The third-order valence-electron chi connectivity index (χ3n) is 2.95. The monoisotopic (exact) mass is 165 g/mol. The van der Waals surface area contributed by atoms with Crippen LogP contribution in [0.5, 0.6) is 0 Å². The van der Waals surface area contributed by atoms with Crippen molar-refractivity contribution in [2.24, 2.45) is 0 Å². The SMILES string of the molecule is CC1=CCC(=O)N2CCCCC12. The molecule has 0 bridgehead atoms. The highest BCUT2D eigenvalue weighted by Gasteiger charge is 2.29. The van der Waals surface area contributed by atoms with Gasteiger partial charge in [-0.2, -0.15) is 0 Å². The Morgan fingerprint density at radius 1 is 1.50 bits per heavy atom. The Hall–Kier alpha value is -0.790. The number of hydrogen-bond donors (Lipinski definition) is 0. The second-order valence-corrected chi connectivity index (χ2v) is 3.75. The first kappa shape index (κ1) is 7.84. The van der Waals surface area contributed by atoms with Gasteiger partial charge in [-0.05, 0) is 26.2 Å². The van der Waals surface area contributed by atoms with E-state index in [1.165, 1.54) is 24.8 Å². The number of fused-ring (bicyclic) bond motifs is 1. The molecule has 0 spiro atoms. The molecule has 2 heterocycles. The van der Waals surface area contributed by atoms with Crippen LogP contribution in [0.1, 0.15) is 32.6 Å². The van der Waals surface area contributed by atoms with Gasteiger partial charge in [0.1, 0.15) is 0 Å². The predicted molar refractivity (Wildman–Crippen MR) is 47.7 cm³/mol. The van der Waals surface area contributed by atoms with Gasteiger partial charge in [-0.25, -0.2) is 0 Å². The summed E-state index contributed by atoms with van der Waals surface area (Å²) in [6, 6.07) is 0.444. The fourth-order valence-corrected chi connectivity index (χ4v) is 2.21. The lowest BCUT2D eigenvalue weighted by atomic mass is 9.92. The van der Waals surface area contributed by atoms with Crippen LogP contribution in [0.15, 0.2) is 11.6 Å². The van der Waals surface area contributed by atoms with Gasteiger partial charge in [0.15, 0.2) is 0 Å². The fourth-order valence-electron chi connectivity index (χ4n) is 2.21. The van der Waals surface area contributed by atoms with Gasteiger partial charge in [-0.15, -0.1) is 0 Å². The van der Waals surface area contributed by atoms with Crippen LogP contribution < -0.4 is 0 Å².